The van der Waals surface area contributed by atoms with Gasteiger partial charge in [0.1, 0.15) is 0 Å². The van der Waals surface area contributed by atoms with Crippen LogP contribution in [-0.4, -0.2) is 13.2 Å². The monoisotopic (exact) mass is 269 g/mol. The molecule has 106 valence electrons. The van der Waals surface area contributed by atoms with Crippen LogP contribution in [0.3, 0.4) is 0 Å². The molecular weight excluding hydrogens is 246 g/mol. The zero-order valence-electron chi connectivity index (χ0n) is 12.9. The van der Waals surface area contributed by atoms with E-state index >= 15 is 0 Å². The van der Waals surface area contributed by atoms with E-state index in [0.717, 1.165) is 12.8 Å². The fraction of sp³-hybridized carbons (Fsp3) is 0.611. The van der Waals surface area contributed by atoms with Crippen molar-refractivity contribution in [1.82, 2.24) is 0 Å². The van der Waals surface area contributed by atoms with Gasteiger partial charge in [-0.3, -0.25) is 0 Å². The van der Waals surface area contributed by atoms with Crippen molar-refractivity contribution in [3.63, 3.8) is 0 Å². The van der Waals surface area contributed by atoms with E-state index in [4.69, 9.17) is 4.74 Å². The van der Waals surface area contributed by atoms with Crippen molar-refractivity contribution in [2.75, 3.05) is 13.2 Å². The van der Waals surface area contributed by atoms with E-state index in [2.05, 4.69) is 52.0 Å². The Morgan fingerprint density at radius 3 is 2.25 bits per heavy atom. The van der Waals surface area contributed by atoms with Crippen molar-refractivity contribution in [3.05, 3.63) is 34.9 Å². The SMILES string of the molecule is Cc1ccc(C(C)(C)C)cc1C1(C2(C#N)CC2)COC1. The average Bonchev–Trinajstić information content (AvgIpc) is 3.10. The van der Waals surface area contributed by atoms with Gasteiger partial charge in [-0.25, -0.2) is 0 Å². The van der Waals surface area contributed by atoms with Gasteiger partial charge in [0.2, 0.25) is 0 Å². The maximum atomic E-state index is 9.63. The standard InChI is InChI=1S/C18H23NO/c1-13-5-6-14(16(2,3)4)9-15(13)18(11-20-12-18)17(10-19)7-8-17/h5-6,9H,7-8,11-12H2,1-4H3. The lowest BCUT2D eigenvalue weighted by molar-refractivity contribution is -0.0870. The zero-order chi connectivity index (χ0) is 14.6. The maximum Gasteiger partial charge on any atom is 0.0716 e. The summed E-state index contributed by atoms with van der Waals surface area (Å²) in [6.07, 6.45) is 2.04. The van der Waals surface area contributed by atoms with Crippen molar-refractivity contribution in [1.29, 1.82) is 5.26 Å². The molecule has 2 heteroatoms. The molecule has 1 heterocycles. The van der Waals surface area contributed by atoms with Crippen LogP contribution in [-0.2, 0) is 15.6 Å². The highest BCUT2D eigenvalue weighted by Gasteiger charge is 2.64. The zero-order valence-corrected chi connectivity index (χ0v) is 12.9. The first kappa shape index (κ1) is 13.6. The highest BCUT2D eigenvalue weighted by atomic mass is 16.5. The van der Waals surface area contributed by atoms with E-state index < -0.39 is 0 Å². The van der Waals surface area contributed by atoms with Crippen molar-refractivity contribution in [3.8, 4) is 6.07 Å². The average molecular weight is 269 g/mol. The number of benzene rings is 1. The van der Waals surface area contributed by atoms with Crippen LogP contribution in [0.1, 0.15) is 50.3 Å². The molecule has 0 amide bonds. The van der Waals surface area contributed by atoms with Crippen LogP contribution in [0.4, 0.5) is 0 Å². The van der Waals surface area contributed by atoms with Gasteiger partial charge in [-0.1, -0.05) is 39.0 Å². The topological polar surface area (TPSA) is 33.0 Å². The molecule has 2 fully saturated rings. The molecule has 1 saturated carbocycles. The molecule has 1 saturated heterocycles. The normalized spacial score (nSPS) is 22.8. The van der Waals surface area contributed by atoms with Crippen molar-refractivity contribution in [2.24, 2.45) is 5.41 Å². The smallest absolute Gasteiger partial charge is 0.0716 e. The molecule has 1 aromatic carbocycles. The summed E-state index contributed by atoms with van der Waals surface area (Å²) in [5.74, 6) is 0. The summed E-state index contributed by atoms with van der Waals surface area (Å²) in [5, 5.41) is 9.63. The number of aryl methyl sites for hydroxylation is 1. The van der Waals surface area contributed by atoms with Gasteiger partial charge < -0.3 is 4.74 Å². The predicted octanol–water partition coefficient (Wildman–Crippen LogP) is 3.86. The molecular formula is C18H23NO. The van der Waals surface area contributed by atoms with E-state index in [1.807, 2.05) is 0 Å². The maximum absolute atomic E-state index is 9.63. The Kier molecular flexibility index (Phi) is 2.79. The Morgan fingerprint density at radius 2 is 1.85 bits per heavy atom. The first-order valence-electron chi connectivity index (χ1n) is 7.45. The fourth-order valence-corrected chi connectivity index (χ4v) is 3.42. The van der Waals surface area contributed by atoms with Crippen molar-refractivity contribution < 1.29 is 4.74 Å². The molecule has 1 aromatic rings. The predicted molar refractivity (Wildman–Crippen MR) is 79.7 cm³/mol. The first-order valence-corrected chi connectivity index (χ1v) is 7.45. The highest BCUT2D eigenvalue weighted by molar-refractivity contribution is 5.46. The molecule has 1 aliphatic heterocycles. The largest absolute Gasteiger partial charge is 0.379 e. The lowest BCUT2D eigenvalue weighted by Crippen LogP contribution is -2.53. The van der Waals surface area contributed by atoms with Gasteiger partial charge in [-0.2, -0.15) is 5.26 Å². The number of ether oxygens (including phenoxy) is 1. The number of rotatable bonds is 2. The molecule has 0 unspecified atom stereocenters. The summed E-state index contributed by atoms with van der Waals surface area (Å²) in [7, 11) is 0. The third-order valence-electron chi connectivity index (χ3n) is 5.20. The van der Waals surface area contributed by atoms with Crippen molar-refractivity contribution in [2.45, 2.75) is 51.4 Å². The second-order valence-corrected chi connectivity index (χ2v) is 7.55. The Morgan fingerprint density at radius 1 is 1.20 bits per heavy atom. The Labute approximate surface area is 121 Å². The molecule has 2 nitrogen and oxygen atoms in total. The van der Waals surface area contributed by atoms with Crippen LogP contribution >= 0.6 is 0 Å². The molecule has 0 spiro atoms. The van der Waals surface area contributed by atoms with Gasteiger partial charge in [0.05, 0.1) is 30.1 Å². The Hall–Kier alpha value is -1.33. The van der Waals surface area contributed by atoms with Gasteiger partial charge in [0.25, 0.3) is 0 Å². The van der Waals surface area contributed by atoms with Crippen molar-refractivity contribution >= 4 is 0 Å². The van der Waals surface area contributed by atoms with Crippen LogP contribution in [0.25, 0.3) is 0 Å². The molecule has 0 atom stereocenters. The second-order valence-electron chi connectivity index (χ2n) is 7.55. The number of nitrogens with zero attached hydrogens (tertiary/aromatic N) is 1. The third kappa shape index (κ3) is 1.73. The third-order valence-corrected chi connectivity index (χ3v) is 5.20. The van der Waals surface area contributed by atoms with E-state index in [0.29, 0.717) is 13.2 Å². The van der Waals surface area contributed by atoms with Gasteiger partial charge >= 0.3 is 0 Å². The summed E-state index contributed by atoms with van der Waals surface area (Å²) in [6, 6.07) is 9.36. The molecule has 1 aliphatic carbocycles. The van der Waals surface area contributed by atoms with Crippen LogP contribution < -0.4 is 0 Å². The summed E-state index contributed by atoms with van der Waals surface area (Å²) in [5.41, 5.74) is 3.88. The molecule has 2 aliphatic rings. The van der Waals surface area contributed by atoms with Crippen LogP contribution in [0.15, 0.2) is 18.2 Å². The lowest BCUT2D eigenvalue weighted by Gasteiger charge is -2.47. The van der Waals surface area contributed by atoms with Crippen LogP contribution in [0.2, 0.25) is 0 Å². The number of hydrogen-bond donors (Lipinski definition) is 0. The van der Waals surface area contributed by atoms with E-state index in [1.54, 1.807) is 0 Å². The Bertz CT molecular complexity index is 580. The fourth-order valence-electron chi connectivity index (χ4n) is 3.42. The summed E-state index contributed by atoms with van der Waals surface area (Å²) < 4.78 is 5.55. The minimum Gasteiger partial charge on any atom is -0.379 e. The van der Waals surface area contributed by atoms with E-state index in [-0.39, 0.29) is 16.2 Å². The van der Waals surface area contributed by atoms with Gasteiger partial charge in [0.15, 0.2) is 0 Å². The second kappa shape index (κ2) is 4.09. The van der Waals surface area contributed by atoms with Crippen LogP contribution in [0.5, 0.6) is 0 Å². The minimum absolute atomic E-state index is 0.0624. The molecule has 0 radical (unpaired) electrons. The van der Waals surface area contributed by atoms with Gasteiger partial charge in [-0.05, 0) is 41.9 Å². The summed E-state index contributed by atoms with van der Waals surface area (Å²) in [4.78, 5) is 0. The molecule has 20 heavy (non-hydrogen) atoms. The minimum atomic E-state index is -0.174. The molecule has 0 N–H and O–H groups in total. The quantitative estimate of drug-likeness (QED) is 0.816. The summed E-state index contributed by atoms with van der Waals surface area (Å²) in [6.45, 7) is 10.3. The van der Waals surface area contributed by atoms with Gasteiger partial charge in [0, 0.05) is 0 Å². The van der Waals surface area contributed by atoms with E-state index in [9.17, 15) is 5.26 Å². The summed E-state index contributed by atoms with van der Waals surface area (Å²) >= 11 is 0. The lowest BCUT2D eigenvalue weighted by atomic mass is 9.64. The van der Waals surface area contributed by atoms with Crippen LogP contribution in [0, 0.1) is 23.7 Å². The number of nitriles is 1. The highest BCUT2D eigenvalue weighted by Crippen LogP contribution is 2.62. The first-order chi connectivity index (χ1) is 9.35. The molecule has 3 rings (SSSR count). The Balaban J connectivity index is 2.12. The molecule has 0 bridgehead atoms. The van der Waals surface area contributed by atoms with E-state index in [1.165, 1.54) is 16.7 Å². The number of hydrogen-bond acceptors (Lipinski definition) is 2. The molecule has 0 aromatic heterocycles. The van der Waals surface area contributed by atoms with Gasteiger partial charge in [-0.15, -0.1) is 0 Å².